The first-order chi connectivity index (χ1) is 14.6. The van der Waals surface area contributed by atoms with Crippen molar-refractivity contribution in [3.63, 3.8) is 0 Å². The third-order valence-electron chi connectivity index (χ3n) is 5.96. The second-order valence-electron chi connectivity index (χ2n) is 8.16. The van der Waals surface area contributed by atoms with Crippen LogP contribution >= 0.6 is 24.0 Å². The van der Waals surface area contributed by atoms with Crippen LogP contribution < -0.4 is 15.5 Å². The Morgan fingerprint density at radius 1 is 1.16 bits per heavy atom. The van der Waals surface area contributed by atoms with Gasteiger partial charge in [0.05, 0.1) is 6.54 Å². The minimum atomic E-state index is -0.722. The summed E-state index contributed by atoms with van der Waals surface area (Å²) >= 11 is 0. The van der Waals surface area contributed by atoms with Crippen LogP contribution in [0.4, 0.5) is 5.69 Å². The summed E-state index contributed by atoms with van der Waals surface area (Å²) in [7, 11) is -0.722. The summed E-state index contributed by atoms with van der Waals surface area (Å²) in [6, 6.07) is 8.50. The van der Waals surface area contributed by atoms with Gasteiger partial charge in [-0.05, 0) is 56.7 Å². The third-order valence-corrected chi connectivity index (χ3v) is 7.70. The van der Waals surface area contributed by atoms with Gasteiger partial charge in [0.15, 0.2) is 5.96 Å². The van der Waals surface area contributed by atoms with Crippen LogP contribution in [0.2, 0.25) is 0 Å². The fourth-order valence-electron chi connectivity index (χ4n) is 4.29. The molecule has 2 fully saturated rings. The lowest BCUT2D eigenvalue weighted by Crippen LogP contribution is -2.46. The number of hydrogen-bond acceptors (Lipinski definition) is 3. The van der Waals surface area contributed by atoms with Gasteiger partial charge in [-0.15, -0.1) is 24.0 Å². The molecule has 1 heterocycles. The van der Waals surface area contributed by atoms with Gasteiger partial charge in [0, 0.05) is 53.0 Å². The van der Waals surface area contributed by atoms with E-state index in [0.29, 0.717) is 24.3 Å². The lowest BCUT2D eigenvalue weighted by atomic mass is 9.95. The van der Waals surface area contributed by atoms with Crippen molar-refractivity contribution >= 4 is 52.3 Å². The summed E-state index contributed by atoms with van der Waals surface area (Å²) in [4.78, 5) is 18.8. The third kappa shape index (κ3) is 7.73. The summed E-state index contributed by atoms with van der Waals surface area (Å²) < 4.78 is 12.2. The maximum atomic E-state index is 12.2. The van der Waals surface area contributed by atoms with Gasteiger partial charge in [0.1, 0.15) is 0 Å². The number of amides is 1. The smallest absolute Gasteiger partial charge is 0.226 e. The van der Waals surface area contributed by atoms with Gasteiger partial charge in [0.25, 0.3) is 0 Å². The molecule has 0 spiro atoms. The normalized spacial score (nSPS) is 23.1. The molecule has 6 nitrogen and oxygen atoms in total. The van der Waals surface area contributed by atoms with E-state index in [1.54, 1.807) is 0 Å². The van der Waals surface area contributed by atoms with Gasteiger partial charge in [-0.3, -0.25) is 9.00 Å². The van der Waals surface area contributed by atoms with E-state index < -0.39 is 10.8 Å². The van der Waals surface area contributed by atoms with E-state index >= 15 is 0 Å². The molecule has 1 aliphatic carbocycles. The number of carbonyl (C=O) groups is 1. The zero-order valence-electron chi connectivity index (χ0n) is 18.8. The number of rotatable bonds is 7. The largest absolute Gasteiger partial charge is 0.357 e. The highest BCUT2D eigenvalue weighted by Crippen LogP contribution is 2.23. The molecular weight excluding hydrogens is 523 g/mol. The van der Waals surface area contributed by atoms with Crippen LogP contribution in [0.1, 0.15) is 64.4 Å². The van der Waals surface area contributed by atoms with Crippen LogP contribution in [0.15, 0.2) is 29.3 Å². The molecule has 1 aromatic rings. The fraction of sp³-hybridized carbons (Fsp3) is 0.652. The number of halogens is 1. The van der Waals surface area contributed by atoms with Crippen molar-refractivity contribution in [3.05, 3.63) is 29.8 Å². The molecule has 3 atom stereocenters. The summed E-state index contributed by atoms with van der Waals surface area (Å²) in [5.74, 6) is 1.78. The van der Waals surface area contributed by atoms with Crippen molar-refractivity contribution in [3.8, 4) is 0 Å². The van der Waals surface area contributed by atoms with E-state index in [4.69, 9.17) is 4.99 Å². The Balaban J connectivity index is 0.00000341. The number of aliphatic imine (C=N–C) groups is 1. The van der Waals surface area contributed by atoms with Crippen LogP contribution in [-0.4, -0.2) is 46.2 Å². The zero-order valence-corrected chi connectivity index (χ0v) is 21.9. The summed E-state index contributed by atoms with van der Waals surface area (Å²) in [6.45, 7) is 6.28. The van der Waals surface area contributed by atoms with E-state index in [0.717, 1.165) is 74.6 Å². The minimum absolute atomic E-state index is 0. The quantitative estimate of drug-likeness (QED) is 0.301. The van der Waals surface area contributed by atoms with Crippen LogP contribution in [0.25, 0.3) is 0 Å². The van der Waals surface area contributed by atoms with Crippen LogP contribution in [0, 0.1) is 0 Å². The highest BCUT2D eigenvalue weighted by molar-refractivity contribution is 14.0. The number of carbonyl (C=O) groups excluding carboxylic acids is 1. The van der Waals surface area contributed by atoms with E-state index in [2.05, 4.69) is 29.7 Å². The molecule has 1 saturated heterocycles. The van der Waals surface area contributed by atoms with Crippen LogP contribution in [0.3, 0.4) is 0 Å². The van der Waals surface area contributed by atoms with Gasteiger partial charge in [-0.1, -0.05) is 25.5 Å². The average molecular weight is 561 g/mol. The Hall–Kier alpha value is -1.16. The topological polar surface area (TPSA) is 73.8 Å². The van der Waals surface area contributed by atoms with Crippen molar-refractivity contribution in [2.45, 2.75) is 76.6 Å². The molecule has 2 aliphatic rings. The molecule has 1 amide bonds. The fourth-order valence-corrected chi connectivity index (χ4v) is 5.64. The standard InChI is InChI=1S/C23H36N4O2S.HI/c1-3-24-23(26-19-8-7-9-21(16-19)30(29)4-2)25-17-18-11-13-20(14-12-18)27-15-6-5-10-22(27)28;/h11-14,19,21H,3-10,15-17H2,1-2H3,(H2,24,25,26);1H. The van der Waals surface area contributed by atoms with Gasteiger partial charge in [0.2, 0.25) is 5.91 Å². The zero-order chi connectivity index (χ0) is 21.3. The predicted octanol–water partition coefficient (Wildman–Crippen LogP) is 3.96. The first kappa shape index (κ1) is 26.1. The highest BCUT2D eigenvalue weighted by atomic mass is 127. The maximum absolute atomic E-state index is 12.2. The molecule has 0 radical (unpaired) electrons. The number of nitrogens with zero attached hydrogens (tertiary/aromatic N) is 2. The van der Waals surface area contributed by atoms with Gasteiger partial charge >= 0.3 is 0 Å². The Labute approximate surface area is 206 Å². The van der Waals surface area contributed by atoms with E-state index in [9.17, 15) is 9.00 Å². The molecule has 31 heavy (non-hydrogen) atoms. The Bertz CT molecular complexity index is 756. The number of anilines is 1. The molecule has 8 heteroatoms. The number of hydrogen-bond donors (Lipinski definition) is 2. The van der Waals surface area contributed by atoms with Crippen LogP contribution in [-0.2, 0) is 22.1 Å². The van der Waals surface area contributed by atoms with Crippen molar-refractivity contribution in [2.75, 3.05) is 23.7 Å². The second-order valence-corrected chi connectivity index (χ2v) is 10.2. The highest BCUT2D eigenvalue weighted by Gasteiger charge is 2.26. The van der Waals surface area contributed by atoms with Crippen LogP contribution in [0.5, 0.6) is 0 Å². The molecule has 0 aromatic heterocycles. The maximum Gasteiger partial charge on any atom is 0.226 e. The molecule has 3 unspecified atom stereocenters. The molecule has 1 aliphatic heterocycles. The van der Waals surface area contributed by atoms with Crippen molar-refractivity contribution in [2.24, 2.45) is 4.99 Å². The summed E-state index contributed by atoms with van der Waals surface area (Å²) in [5.41, 5.74) is 2.10. The molecule has 1 aromatic carbocycles. The lowest BCUT2D eigenvalue weighted by Gasteiger charge is -2.30. The predicted molar refractivity (Wildman–Crippen MR) is 141 cm³/mol. The second kappa shape index (κ2) is 13.4. The molecule has 174 valence electrons. The van der Waals surface area contributed by atoms with Gasteiger partial charge in [-0.25, -0.2) is 4.99 Å². The van der Waals surface area contributed by atoms with Crippen molar-refractivity contribution < 1.29 is 9.00 Å². The van der Waals surface area contributed by atoms with Crippen molar-refractivity contribution in [1.82, 2.24) is 10.6 Å². The average Bonchev–Trinajstić information content (AvgIpc) is 2.78. The SMILES string of the molecule is CCNC(=NCc1ccc(N2CCCCC2=O)cc1)NC1CCCC(S(=O)CC)C1.I. The van der Waals surface area contributed by atoms with Crippen molar-refractivity contribution in [1.29, 1.82) is 0 Å². The Morgan fingerprint density at radius 2 is 1.94 bits per heavy atom. The summed E-state index contributed by atoms with van der Waals surface area (Å²) in [5, 5.41) is 7.19. The van der Waals surface area contributed by atoms with E-state index in [1.807, 2.05) is 24.0 Å². The number of piperidine rings is 1. The van der Waals surface area contributed by atoms with Gasteiger partial charge in [-0.2, -0.15) is 0 Å². The summed E-state index contributed by atoms with van der Waals surface area (Å²) in [6.07, 6.45) is 6.95. The molecular formula is C23H37IN4O2S. The molecule has 2 N–H and O–H groups in total. The van der Waals surface area contributed by atoms with E-state index in [-0.39, 0.29) is 29.9 Å². The molecule has 3 rings (SSSR count). The van der Waals surface area contributed by atoms with Gasteiger partial charge < -0.3 is 15.5 Å². The monoisotopic (exact) mass is 560 g/mol. The molecule has 0 bridgehead atoms. The first-order valence-electron chi connectivity index (χ1n) is 11.4. The Morgan fingerprint density at radius 3 is 2.61 bits per heavy atom. The number of nitrogens with one attached hydrogen (secondary N) is 2. The number of guanidine groups is 1. The number of benzene rings is 1. The minimum Gasteiger partial charge on any atom is -0.357 e. The molecule has 1 saturated carbocycles. The lowest BCUT2D eigenvalue weighted by molar-refractivity contribution is -0.119. The first-order valence-corrected chi connectivity index (χ1v) is 12.8. The van der Waals surface area contributed by atoms with E-state index in [1.165, 1.54) is 0 Å². The Kier molecular flexibility index (Phi) is 11.3.